The molecule has 0 unspecified atom stereocenters. The van der Waals surface area contributed by atoms with E-state index in [9.17, 15) is 14.7 Å². The first-order chi connectivity index (χ1) is 12.0. The van der Waals surface area contributed by atoms with Crippen molar-refractivity contribution in [3.8, 4) is 0 Å². The number of nitrogens with one attached hydrogen (secondary N) is 1. The molecular weight excluding hydrogens is 316 g/mol. The molecule has 0 bridgehead atoms. The van der Waals surface area contributed by atoms with Gasteiger partial charge in [-0.05, 0) is 31.4 Å². The molecule has 132 valence electrons. The second kappa shape index (κ2) is 7.23. The van der Waals surface area contributed by atoms with E-state index in [4.69, 9.17) is 0 Å². The molecule has 1 fully saturated rings. The summed E-state index contributed by atoms with van der Waals surface area (Å²) < 4.78 is 0. The second-order valence-corrected chi connectivity index (χ2v) is 6.94. The third-order valence-corrected chi connectivity index (χ3v) is 4.84. The van der Waals surface area contributed by atoms with Crippen LogP contribution >= 0.6 is 0 Å². The molecule has 1 aliphatic rings. The number of amides is 1. The summed E-state index contributed by atoms with van der Waals surface area (Å²) >= 11 is 0. The number of aromatic amines is 1. The first-order valence-electron chi connectivity index (χ1n) is 8.72. The van der Waals surface area contributed by atoms with Gasteiger partial charge in [0.05, 0.1) is 12.1 Å². The lowest BCUT2D eigenvalue weighted by molar-refractivity contribution is 0.00767. The summed E-state index contributed by atoms with van der Waals surface area (Å²) in [6.07, 6.45) is 4.96. The van der Waals surface area contributed by atoms with Gasteiger partial charge in [0.15, 0.2) is 5.78 Å². The number of nitrogens with zero attached hydrogens (tertiary/aromatic N) is 1. The van der Waals surface area contributed by atoms with E-state index in [0.717, 1.165) is 31.2 Å². The lowest BCUT2D eigenvalue weighted by atomic mass is 10.0. The fourth-order valence-electron chi connectivity index (χ4n) is 3.44. The number of rotatable bonds is 6. The van der Waals surface area contributed by atoms with E-state index in [-0.39, 0.29) is 11.7 Å². The van der Waals surface area contributed by atoms with Gasteiger partial charge in [0, 0.05) is 18.3 Å². The Kier molecular flexibility index (Phi) is 5.04. The number of aliphatic hydroxyl groups is 1. The fraction of sp³-hybridized carbons (Fsp3) is 0.400. The van der Waals surface area contributed by atoms with Crippen molar-refractivity contribution in [2.45, 2.75) is 44.8 Å². The predicted molar refractivity (Wildman–Crippen MR) is 95.4 cm³/mol. The summed E-state index contributed by atoms with van der Waals surface area (Å²) in [7, 11) is 0. The number of carbonyl (C=O) groups excluding carboxylic acids is 2. The highest BCUT2D eigenvalue weighted by Gasteiger charge is 2.35. The Morgan fingerprint density at radius 3 is 2.48 bits per heavy atom. The van der Waals surface area contributed by atoms with Crippen molar-refractivity contribution in [1.82, 2.24) is 9.88 Å². The maximum atomic E-state index is 13.0. The van der Waals surface area contributed by atoms with Crippen LogP contribution in [-0.4, -0.2) is 38.8 Å². The van der Waals surface area contributed by atoms with E-state index in [0.29, 0.717) is 24.3 Å². The topological polar surface area (TPSA) is 73.4 Å². The van der Waals surface area contributed by atoms with Gasteiger partial charge in [0.1, 0.15) is 5.69 Å². The first-order valence-corrected chi connectivity index (χ1v) is 8.72. The number of ketones is 1. The molecule has 2 N–H and O–H groups in total. The summed E-state index contributed by atoms with van der Waals surface area (Å²) in [5, 5.41) is 10.8. The number of carbonyl (C=O) groups is 2. The highest BCUT2D eigenvalue weighted by atomic mass is 16.3. The standard InChI is InChI=1S/C20H24N2O3/c1-15(23)17-11-18(21-12-17)19(24)22(13-16-7-3-2-4-8-16)14-20(25)9-5-6-10-20/h2-4,7-8,11-12,21,25H,5-6,9-10,13-14H2,1H3. The molecule has 25 heavy (non-hydrogen) atoms. The summed E-state index contributed by atoms with van der Waals surface area (Å²) in [6, 6.07) is 11.3. The van der Waals surface area contributed by atoms with Crippen molar-refractivity contribution < 1.29 is 14.7 Å². The number of benzene rings is 1. The number of hydrogen-bond donors (Lipinski definition) is 2. The maximum absolute atomic E-state index is 13.0. The molecule has 0 aliphatic heterocycles. The van der Waals surface area contributed by atoms with Gasteiger partial charge in [-0.15, -0.1) is 0 Å². The zero-order chi connectivity index (χ0) is 17.9. The molecule has 1 aromatic carbocycles. The van der Waals surface area contributed by atoms with Crippen LogP contribution in [0.5, 0.6) is 0 Å². The molecular formula is C20H24N2O3. The Morgan fingerprint density at radius 1 is 1.20 bits per heavy atom. The third-order valence-electron chi connectivity index (χ3n) is 4.84. The van der Waals surface area contributed by atoms with Gasteiger partial charge in [-0.25, -0.2) is 0 Å². The molecule has 3 rings (SSSR count). The molecule has 1 heterocycles. The average Bonchev–Trinajstić information content (AvgIpc) is 3.24. The van der Waals surface area contributed by atoms with Crippen LogP contribution < -0.4 is 0 Å². The smallest absolute Gasteiger partial charge is 0.270 e. The Hall–Kier alpha value is -2.40. The Labute approximate surface area is 147 Å². The predicted octanol–water partition coefficient (Wildman–Crippen LogP) is 3.16. The molecule has 0 spiro atoms. The molecule has 5 nitrogen and oxygen atoms in total. The average molecular weight is 340 g/mol. The Bertz CT molecular complexity index is 745. The van der Waals surface area contributed by atoms with E-state index >= 15 is 0 Å². The molecule has 1 aliphatic carbocycles. The van der Waals surface area contributed by atoms with E-state index < -0.39 is 5.60 Å². The number of H-pyrrole nitrogens is 1. The lowest BCUT2D eigenvalue weighted by Gasteiger charge is -2.31. The van der Waals surface area contributed by atoms with Gasteiger partial charge >= 0.3 is 0 Å². The van der Waals surface area contributed by atoms with Crippen molar-refractivity contribution in [2.75, 3.05) is 6.54 Å². The monoisotopic (exact) mass is 340 g/mol. The third kappa shape index (κ3) is 4.17. The van der Waals surface area contributed by atoms with Crippen LogP contribution in [0.2, 0.25) is 0 Å². The fourth-order valence-corrected chi connectivity index (χ4v) is 3.44. The zero-order valence-electron chi connectivity index (χ0n) is 14.5. The highest BCUT2D eigenvalue weighted by molar-refractivity contribution is 5.99. The van der Waals surface area contributed by atoms with Crippen LogP contribution in [0, 0.1) is 0 Å². The van der Waals surface area contributed by atoms with E-state index in [2.05, 4.69) is 4.98 Å². The second-order valence-electron chi connectivity index (χ2n) is 6.94. The van der Waals surface area contributed by atoms with Crippen LogP contribution in [0.4, 0.5) is 0 Å². The largest absolute Gasteiger partial charge is 0.388 e. The van der Waals surface area contributed by atoms with Crippen LogP contribution in [0.1, 0.15) is 59.0 Å². The molecule has 0 radical (unpaired) electrons. The summed E-state index contributed by atoms with van der Waals surface area (Å²) in [5.41, 5.74) is 1.06. The first kappa shape index (κ1) is 17.4. The minimum absolute atomic E-state index is 0.0840. The Balaban J connectivity index is 1.83. The van der Waals surface area contributed by atoms with Crippen molar-refractivity contribution >= 4 is 11.7 Å². The van der Waals surface area contributed by atoms with Crippen molar-refractivity contribution in [3.63, 3.8) is 0 Å². The van der Waals surface area contributed by atoms with Gasteiger partial charge in [-0.3, -0.25) is 9.59 Å². The highest BCUT2D eigenvalue weighted by Crippen LogP contribution is 2.31. The molecule has 5 heteroatoms. The SMILES string of the molecule is CC(=O)c1c[nH]c(C(=O)N(Cc2ccccc2)CC2(O)CCCC2)c1. The minimum Gasteiger partial charge on any atom is -0.388 e. The van der Waals surface area contributed by atoms with E-state index in [1.807, 2.05) is 30.3 Å². The number of hydrogen-bond acceptors (Lipinski definition) is 3. The Morgan fingerprint density at radius 2 is 1.88 bits per heavy atom. The van der Waals surface area contributed by atoms with Crippen molar-refractivity contribution in [3.05, 3.63) is 59.4 Å². The van der Waals surface area contributed by atoms with Crippen LogP contribution in [0.15, 0.2) is 42.6 Å². The zero-order valence-corrected chi connectivity index (χ0v) is 14.5. The lowest BCUT2D eigenvalue weighted by Crippen LogP contribution is -2.43. The molecule has 0 saturated heterocycles. The minimum atomic E-state index is -0.819. The van der Waals surface area contributed by atoms with Gasteiger partial charge in [-0.2, -0.15) is 0 Å². The van der Waals surface area contributed by atoms with Gasteiger partial charge in [0.25, 0.3) is 5.91 Å². The maximum Gasteiger partial charge on any atom is 0.270 e. The van der Waals surface area contributed by atoms with E-state index in [1.165, 1.54) is 6.92 Å². The molecule has 1 saturated carbocycles. The van der Waals surface area contributed by atoms with Crippen LogP contribution in [0.3, 0.4) is 0 Å². The van der Waals surface area contributed by atoms with Gasteiger partial charge in [-0.1, -0.05) is 43.2 Å². The van der Waals surface area contributed by atoms with Gasteiger partial charge in [0.2, 0.25) is 0 Å². The van der Waals surface area contributed by atoms with E-state index in [1.54, 1.807) is 17.2 Å². The molecule has 1 amide bonds. The van der Waals surface area contributed by atoms with Crippen molar-refractivity contribution in [2.24, 2.45) is 0 Å². The quantitative estimate of drug-likeness (QED) is 0.793. The molecule has 1 aromatic heterocycles. The van der Waals surface area contributed by atoms with Crippen LogP contribution in [0.25, 0.3) is 0 Å². The summed E-state index contributed by atoms with van der Waals surface area (Å²) in [5.74, 6) is -0.281. The number of Topliss-reactive ketones (excluding diaryl/α,β-unsaturated/α-hetero) is 1. The van der Waals surface area contributed by atoms with Crippen LogP contribution in [-0.2, 0) is 6.54 Å². The normalized spacial score (nSPS) is 15.9. The molecule has 0 atom stereocenters. The van der Waals surface area contributed by atoms with Gasteiger partial charge < -0.3 is 15.0 Å². The summed E-state index contributed by atoms with van der Waals surface area (Å²) in [6.45, 7) is 2.20. The van der Waals surface area contributed by atoms with Crippen molar-refractivity contribution in [1.29, 1.82) is 0 Å². The number of aromatic nitrogens is 1. The molecule has 2 aromatic rings. The summed E-state index contributed by atoms with van der Waals surface area (Å²) in [4.78, 5) is 29.0.